The summed E-state index contributed by atoms with van der Waals surface area (Å²) < 4.78 is 3.32. The molecule has 36 heavy (non-hydrogen) atoms. The van der Waals surface area contributed by atoms with Crippen LogP contribution in [0.15, 0.2) is 43.2 Å². The summed E-state index contributed by atoms with van der Waals surface area (Å²) in [4.78, 5) is 36.9. The topological polar surface area (TPSA) is 122 Å². The summed E-state index contributed by atoms with van der Waals surface area (Å²) in [5.74, 6) is 0.341. The van der Waals surface area contributed by atoms with E-state index in [-0.39, 0.29) is 11.8 Å². The maximum absolute atomic E-state index is 13.1. The van der Waals surface area contributed by atoms with Crippen LogP contribution < -0.4 is 10.6 Å². The summed E-state index contributed by atoms with van der Waals surface area (Å²) in [5, 5.41) is 14.3. The molecule has 2 fully saturated rings. The van der Waals surface area contributed by atoms with Crippen molar-refractivity contribution in [3.05, 3.63) is 54.5 Å². The largest absolute Gasteiger partial charge is 0.324 e. The number of fused-ring (bicyclic) bond motifs is 3. The minimum atomic E-state index is -0.331. The Morgan fingerprint density at radius 2 is 1.94 bits per heavy atom. The van der Waals surface area contributed by atoms with Gasteiger partial charge >= 0.3 is 0 Å². The van der Waals surface area contributed by atoms with Gasteiger partial charge in [0.15, 0.2) is 0 Å². The lowest BCUT2D eigenvalue weighted by molar-refractivity contribution is -0.117. The van der Waals surface area contributed by atoms with E-state index in [4.69, 9.17) is 0 Å². The molecule has 4 aromatic rings. The molecule has 1 saturated heterocycles. The number of likely N-dealkylation sites (tertiary alicyclic amines) is 1. The third-order valence-electron chi connectivity index (χ3n) is 7.14. The van der Waals surface area contributed by atoms with Gasteiger partial charge in [0.05, 0.1) is 71.4 Å². The van der Waals surface area contributed by atoms with Crippen LogP contribution in [0.25, 0.3) is 16.8 Å². The number of nitrogens with one attached hydrogen (secondary N) is 2. The van der Waals surface area contributed by atoms with Crippen molar-refractivity contribution in [3.63, 3.8) is 0 Å². The third-order valence-corrected chi connectivity index (χ3v) is 7.14. The van der Waals surface area contributed by atoms with Gasteiger partial charge in [-0.15, -0.1) is 0 Å². The van der Waals surface area contributed by atoms with Crippen molar-refractivity contribution >= 4 is 28.7 Å². The zero-order chi connectivity index (χ0) is 24.8. The first-order valence-corrected chi connectivity index (χ1v) is 12.1. The van der Waals surface area contributed by atoms with Gasteiger partial charge in [-0.1, -0.05) is 0 Å². The van der Waals surface area contributed by atoms with E-state index in [1.165, 1.54) is 25.5 Å². The van der Waals surface area contributed by atoms with Crippen molar-refractivity contribution in [2.45, 2.75) is 32.2 Å². The van der Waals surface area contributed by atoms with Gasteiger partial charge in [0.25, 0.3) is 5.91 Å². The molecule has 0 spiro atoms. The van der Waals surface area contributed by atoms with Crippen molar-refractivity contribution in [2.75, 3.05) is 23.7 Å². The fraction of sp³-hybridized carbons (Fsp3) is 0.360. The van der Waals surface area contributed by atoms with Crippen LogP contribution in [0.1, 0.15) is 35.3 Å². The lowest BCUT2D eigenvalue weighted by atomic mass is 10.1. The van der Waals surface area contributed by atoms with E-state index in [1.807, 2.05) is 13.2 Å². The van der Waals surface area contributed by atoms with Crippen LogP contribution in [0.2, 0.25) is 0 Å². The second-order valence-corrected chi connectivity index (χ2v) is 9.68. The molecule has 0 radical (unpaired) electrons. The van der Waals surface area contributed by atoms with Crippen molar-refractivity contribution in [2.24, 2.45) is 13.0 Å². The summed E-state index contributed by atoms with van der Waals surface area (Å²) in [6, 6.07) is 2.27. The van der Waals surface area contributed by atoms with Crippen LogP contribution in [-0.2, 0) is 11.8 Å². The SMILES string of the molecule is Cc1ncc(NC(=O)CN2C[C@H]3CC[C@@H]2C3)cc1NC(=O)c1cnn2cc(-c3cnn(C)c3)ncc12. The van der Waals surface area contributed by atoms with E-state index >= 15 is 0 Å². The smallest absolute Gasteiger partial charge is 0.259 e. The Bertz CT molecular complexity index is 1470. The molecule has 2 atom stereocenters. The fourth-order valence-corrected chi connectivity index (χ4v) is 5.28. The summed E-state index contributed by atoms with van der Waals surface area (Å²) in [6.07, 6.45) is 13.8. The summed E-state index contributed by atoms with van der Waals surface area (Å²) in [7, 11) is 1.84. The van der Waals surface area contributed by atoms with Gasteiger partial charge < -0.3 is 10.6 Å². The molecule has 2 bridgehead atoms. The van der Waals surface area contributed by atoms with Crippen LogP contribution in [0.4, 0.5) is 11.4 Å². The van der Waals surface area contributed by atoms with Crippen molar-refractivity contribution in [3.8, 4) is 11.3 Å². The highest BCUT2D eigenvalue weighted by atomic mass is 16.2. The molecule has 1 saturated carbocycles. The van der Waals surface area contributed by atoms with Gasteiger partial charge in [0.2, 0.25) is 5.91 Å². The molecule has 11 nitrogen and oxygen atoms in total. The molecule has 184 valence electrons. The Morgan fingerprint density at radius 1 is 1.06 bits per heavy atom. The average Bonchev–Trinajstić information content (AvgIpc) is 3.65. The maximum Gasteiger partial charge on any atom is 0.259 e. The Kier molecular flexibility index (Phi) is 5.48. The normalized spacial score (nSPS) is 19.2. The molecule has 4 aromatic heterocycles. The quantitative estimate of drug-likeness (QED) is 0.430. The molecule has 2 aliphatic rings. The van der Waals surface area contributed by atoms with Gasteiger partial charge in [-0.3, -0.25) is 29.1 Å². The molecule has 0 aromatic carbocycles. The van der Waals surface area contributed by atoms with Crippen molar-refractivity contribution in [1.82, 2.24) is 34.3 Å². The number of aromatic nitrogens is 6. The molecule has 1 aliphatic carbocycles. The standard InChI is InChI=1S/C25H27N9O2/c1-15-21(6-18(8-26-15)30-24(35)14-33-11-16-3-4-19(33)5-16)31-25(36)20-9-29-34-13-22(27-10-23(20)34)17-7-28-32(2)12-17/h6-10,12-13,16,19H,3-5,11,14H2,1-2H3,(H,30,35)(H,31,36)/t16-,19+/m0/s1. The van der Waals surface area contributed by atoms with Gasteiger partial charge in [-0.05, 0) is 38.2 Å². The van der Waals surface area contributed by atoms with E-state index < -0.39 is 0 Å². The van der Waals surface area contributed by atoms with E-state index in [2.05, 4.69) is 35.7 Å². The predicted molar refractivity (Wildman–Crippen MR) is 133 cm³/mol. The number of aryl methyl sites for hydroxylation is 2. The second kappa shape index (κ2) is 8.83. The van der Waals surface area contributed by atoms with Gasteiger partial charge in [0.1, 0.15) is 0 Å². The fourth-order valence-electron chi connectivity index (χ4n) is 5.28. The van der Waals surface area contributed by atoms with Gasteiger partial charge in [-0.2, -0.15) is 10.2 Å². The summed E-state index contributed by atoms with van der Waals surface area (Å²) in [5.41, 5.74) is 4.25. The minimum absolute atomic E-state index is 0.0661. The number of amides is 2. The highest BCUT2D eigenvalue weighted by molar-refractivity contribution is 6.09. The number of rotatable bonds is 6. The number of hydrogen-bond donors (Lipinski definition) is 2. The number of hydrogen-bond acceptors (Lipinski definition) is 7. The summed E-state index contributed by atoms with van der Waals surface area (Å²) >= 11 is 0. The number of carbonyl (C=O) groups is 2. The zero-order valence-electron chi connectivity index (χ0n) is 20.2. The van der Waals surface area contributed by atoms with Crippen molar-refractivity contribution < 1.29 is 9.59 Å². The molecular formula is C25H27N9O2. The Morgan fingerprint density at radius 3 is 2.69 bits per heavy atom. The molecular weight excluding hydrogens is 458 g/mol. The molecule has 5 heterocycles. The van der Waals surface area contributed by atoms with Gasteiger partial charge in [-0.25, -0.2) is 4.52 Å². The lowest BCUT2D eigenvalue weighted by Gasteiger charge is -2.25. The highest BCUT2D eigenvalue weighted by Gasteiger charge is 2.38. The number of piperidine rings is 1. The van der Waals surface area contributed by atoms with Crippen LogP contribution in [0, 0.1) is 12.8 Å². The monoisotopic (exact) mass is 485 g/mol. The van der Waals surface area contributed by atoms with Crippen molar-refractivity contribution in [1.29, 1.82) is 0 Å². The number of carbonyl (C=O) groups excluding carboxylic acids is 2. The molecule has 1 aliphatic heterocycles. The first kappa shape index (κ1) is 22.4. The maximum atomic E-state index is 13.1. The Hall–Kier alpha value is -4.12. The van der Waals surface area contributed by atoms with E-state index in [1.54, 1.807) is 47.0 Å². The molecule has 2 amide bonds. The lowest BCUT2D eigenvalue weighted by Crippen LogP contribution is -2.38. The second-order valence-electron chi connectivity index (χ2n) is 9.68. The van der Waals surface area contributed by atoms with E-state index in [0.717, 1.165) is 18.0 Å². The van der Waals surface area contributed by atoms with Crippen LogP contribution >= 0.6 is 0 Å². The highest BCUT2D eigenvalue weighted by Crippen LogP contribution is 2.37. The molecule has 0 unspecified atom stereocenters. The first-order chi connectivity index (χ1) is 17.4. The molecule has 11 heteroatoms. The van der Waals surface area contributed by atoms with Crippen LogP contribution in [0.5, 0.6) is 0 Å². The Balaban J connectivity index is 1.15. The van der Waals surface area contributed by atoms with Crippen LogP contribution in [0.3, 0.4) is 0 Å². The van der Waals surface area contributed by atoms with Crippen LogP contribution in [-0.4, -0.2) is 65.2 Å². The van der Waals surface area contributed by atoms with E-state index in [9.17, 15) is 9.59 Å². The third kappa shape index (κ3) is 4.22. The number of nitrogens with zero attached hydrogens (tertiary/aromatic N) is 7. The van der Waals surface area contributed by atoms with Gasteiger partial charge in [0, 0.05) is 31.4 Å². The zero-order valence-corrected chi connectivity index (χ0v) is 20.2. The average molecular weight is 486 g/mol. The number of pyridine rings is 1. The predicted octanol–water partition coefficient (Wildman–Crippen LogP) is 2.51. The molecule has 2 N–H and O–H groups in total. The molecule has 6 rings (SSSR count). The minimum Gasteiger partial charge on any atom is -0.324 e. The first-order valence-electron chi connectivity index (χ1n) is 12.1. The Labute approximate surface area is 207 Å². The van der Waals surface area contributed by atoms with E-state index in [0.29, 0.717) is 46.4 Å². The summed E-state index contributed by atoms with van der Waals surface area (Å²) in [6.45, 7) is 3.19. The number of anilines is 2.